The molecule has 0 radical (unpaired) electrons. The molecule has 8 heteroatoms. The molecule has 0 saturated heterocycles. The van der Waals surface area contributed by atoms with E-state index in [2.05, 4.69) is 11.6 Å². The number of benzene rings is 1. The van der Waals surface area contributed by atoms with Crippen LogP contribution >= 0.6 is 0 Å². The van der Waals surface area contributed by atoms with Crippen molar-refractivity contribution in [2.75, 3.05) is 6.54 Å². The fraction of sp³-hybridized carbons (Fsp3) is 0.200. The van der Waals surface area contributed by atoms with Crippen LogP contribution in [0.4, 0.5) is 0 Å². The van der Waals surface area contributed by atoms with Gasteiger partial charge < -0.3 is 30.7 Å². The van der Waals surface area contributed by atoms with E-state index in [-0.39, 0.29) is 11.4 Å². The number of aryl methyl sites for hydroxylation is 1. The largest absolute Gasteiger partial charge is 0.504 e. The average Bonchev–Trinajstić information content (AvgIpc) is 2.92. The van der Waals surface area contributed by atoms with Crippen molar-refractivity contribution in [3.8, 4) is 28.6 Å². The number of hydrogen-bond donors (Lipinski definition) is 5. The number of rotatable bonds is 6. The number of nitrogens with two attached hydrogens (primary N) is 1. The molecule has 0 fully saturated rings. The lowest BCUT2D eigenvalue weighted by Crippen LogP contribution is -2.03. The van der Waals surface area contributed by atoms with Gasteiger partial charge in [-0.25, -0.2) is 9.78 Å². The summed E-state index contributed by atoms with van der Waals surface area (Å²) in [4.78, 5) is 15.7. The predicted molar refractivity (Wildman–Crippen MR) is 83.4 cm³/mol. The van der Waals surface area contributed by atoms with Gasteiger partial charge in [-0.2, -0.15) is 0 Å². The lowest BCUT2D eigenvalue weighted by molar-refractivity contribution is 0.0696. The van der Waals surface area contributed by atoms with Crippen molar-refractivity contribution in [3.63, 3.8) is 0 Å². The lowest BCUT2D eigenvalue weighted by atomic mass is 10.0. The smallest absolute Gasteiger partial charge is 0.336 e. The first-order chi connectivity index (χ1) is 10.9. The van der Waals surface area contributed by atoms with E-state index in [1.165, 1.54) is 10.8 Å². The van der Waals surface area contributed by atoms with Gasteiger partial charge in [-0.15, -0.1) is 0 Å². The van der Waals surface area contributed by atoms with Gasteiger partial charge in [0.15, 0.2) is 11.5 Å². The fourth-order valence-corrected chi connectivity index (χ4v) is 2.21. The third-order valence-electron chi connectivity index (χ3n) is 3.32. The van der Waals surface area contributed by atoms with E-state index in [0.29, 0.717) is 25.1 Å². The van der Waals surface area contributed by atoms with E-state index < -0.39 is 28.8 Å². The normalized spacial score (nSPS) is 10.7. The Kier molecular flexibility index (Phi) is 4.56. The number of imidazole rings is 1. The van der Waals surface area contributed by atoms with Gasteiger partial charge in [-0.05, 0) is 25.5 Å². The summed E-state index contributed by atoms with van der Waals surface area (Å²) in [5.74, 6) is -3.60. The molecule has 122 valence electrons. The number of carboxylic acids is 1. The Labute approximate surface area is 131 Å². The molecule has 0 bridgehead atoms. The first kappa shape index (κ1) is 16.4. The van der Waals surface area contributed by atoms with Crippen LogP contribution in [0.15, 0.2) is 18.8 Å². The van der Waals surface area contributed by atoms with Crippen molar-refractivity contribution in [2.45, 2.75) is 12.8 Å². The first-order valence-electron chi connectivity index (χ1n) is 6.82. The summed E-state index contributed by atoms with van der Waals surface area (Å²) in [6, 6.07) is 0.856. The number of carboxylic acid groups (broad SMARTS) is 1. The van der Waals surface area contributed by atoms with Crippen molar-refractivity contribution < 1.29 is 25.2 Å². The second kappa shape index (κ2) is 6.41. The summed E-state index contributed by atoms with van der Waals surface area (Å²) >= 11 is 0. The molecule has 2 aromatic rings. The van der Waals surface area contributed by atoms with Gasteiger partial charge in [0, 0.05) is 12.4 Å². The highest BCUT2D eigenvalue weighted by Crippen LogP contribution is 2.44. The second-order valence-electron chi connectivity index (χ2n) is 4.86. The van der Waals surface area contributed by atoms with Crippen LogP contribution in [0, 0.1) is 0 Å². The highest BCUT2D eigenvalue weighted by molar-refractivity contribution is 5.98. The summed E-state index contributed by atoms with van der Waals surface area (Å²) in [5, 5.41) is 38.6. The number of phenols is 3. The number of carbonyl (C=O) groups is 1. The Morgan fingerprint density at radius 1 is 1.35 bits per heavy atom. The van der Waals surface area contributed by atoms with Gasteiger partial charge in [0.1, 0.15) is 5.82 Å². The van der Waals surface area contributed by atoms with Gasteiger partial charge >= 0.3 is 5.97 Å². The number of aromatic carboxylic acids is 1. The molecule has 0 spiro atoms. The van der Waals surface area contributed by atoms with E-state index in [1.54, 1.807) is 6.20 Å². The average molecular weight is 319 g/mol. The zero-order chi connectivity index (χ0) is 17.1. The van der Waals surface area contributed by atoms with Gasteiger partial charge in [-0.3, -0.25) is 0 Å². The highest BCUT2D eigenvalue weighted by atomic mass is 16.4. The second-order valence-corrected chi connectivity index (χ2v) is 4.86. The van der Waals surface area contributed by atoms with Crippen LogP contribution in [0.1, 0.15) is 22.5 Å². The molecule has 6 N–H and O–H groups in total. The minimum atomic E-state index is -1.38. The van der Waals surface area contributed by atoms with Crippen LogP contribution in [0.5, 0.6) is 17.2 Å². The third-order valence-corrected chi connectivity index (χ3v) is 3.32. The number of hydrogen-bond acceptors (Lipinski definition) is 6. The number of nitrogens with zero attached hydrogens (tertiary/aromatic N) is 2. The van der Waals surface area contributed by atoms with Crippen molar-refractivity contribution in [1.82, 2.24) is 9.55 Å². The molecule has 0 saturated carbocycles. The van der Waals surface area contributed by atoms with Crippen LogP contribution in [0.2, 0.25) is 0 Å². The van der Waals surface area contributed by atoms with Gasteiger partial charge in [0.2, 0.25) is 5.75 Å². The van der Waals surface area contributed by atoms with Crippen molar-refractivity contribution >= 4 is 12.2 Å². The molecular weight excluding hydrogens is 302 g/mol. The molecule has 0 atom stereocenters. The molecule has 8 nitrogen and oxygen atoms in total. The predicted octanol–water partition coefficient (Wildman–Crippen LogP) is 1.36. The van der Waals surface area contributed by atoms with Crippen LogP contribution < -0.4 is 5.73 Å². The maximum atomic E-state index is 11.4. The standard InChI is InChI=1S/C15H17N3O5/c1-2-18-7-8(4-3-5-16)17-14(18)11-9(15(22)23)6-10(19)12(20)13(11)21/h2,6-7,19-21H,1,3-5,16H2,(H,22,23). The lowest BCUT2D eigenvalue weighted by Gasteiger charge is -2.11. The van der Waals surface area contributed by atoms with Gasteiger partial charge in [0.05, 0.1) is 16.8 Å². The Bertz CT molecular complexity index is 767. The Morgan fingerprint density at radius 3 is 2.61 bits per heavy atom. The molecule has 1 aromatic heterocycles. The van der Waals surface area contributed by atoms with Gasteiger partial charge in [0.25, 0.3) is 0 Å². The zero-order valence-corrected chi connectivity index (χ0v) is 12.2. The van der Waals surface area contributed by atoms with E-state index in [4.69, 9.17) is 5.73 Å². The maximum Gasteiger partial charge on any atom is 0.336 e. The van der Waals surface area contributed by atoms with Crippen LogP contribution in [0.3, 0.4) is 0 Å². The summed E-state index contributed by atoms with van der Waals surface area (Å²) in [7, 11) is 0. The van der Waals surface area contributed by atoms with Crippen LogP contribution in [0.25, 0.3) is 17.6 Å². The summed E-state index contributed by atoms with van der Waals surface area (Å²) in [6.45, 7) is 4.09. The minimum Gasteiger partial charge on any atom is -0.504 e. The first-order valence-corrected chi connectivity index (χ1v) is 6.82. The Hall–Kier alpha value is -3.00. The minimum absolute atomic E-state index is 0.0946. The van der Waals surface area contributed by atoms with Crippen molar-refractivity contribution in [2.24, 2.45) is 5.73 Å². The van der Waals surface area contributed by atoms with E-state index >= 15 is 0 Å². The zero-order valence-electron chi connectivity index (χ0n) is 12.2. The van der Waals surface area contributed by atoms with Crippen molar-refractivity contribution in [3.05, 3.63) is 30.1 Å². The topological polar surface area (TPSA) is 142 Å². The highest BCUT2D eigenvalue weighted by Gasteiger charge is 2.25. The SMILES string of the molecule is C=Cn1cc(CCCN)nc1-c1c(C(=O)O)cc(O)c(O)c1O. The molecular formula is C15H17N3O5. The van der Waals surface area contributed by atoms with E-state index in [1.807, 2.05) is 0 Å². The molecule has 0 aliphatic rings. The van der Waals surface area contributed by atoms with E-state index in [9.17, 15) is 25.2 Å². The van der Waals surface area contributed by atoms with Crippen LogP contribution in [-0.2, 0) is 6.42 Å². The molecule has 1 heterocycles. The molecule has 0 unspecified atom stereocenters. The maximum absolute atomic E-state index is 11.4. The molecule has 0 aliphatic heterocycles. The number of phenolic OH excluding ortho intramolecular Hbond substituents is 3. The van der Waals surface area contributed by atoms with E-state index in [0.717, 1.165) is 6.07 Å². The molecule has 2 rings (SSSR count). The summed E-state index contributed by atoms with van der Waals surface area (Å²) in [5.41, 5.74) is 5.50. The van der Waals surface area contributed by atoms with Gasteiger partial charge in [-0.1, -0.05) is 6.58 Å². The number of aromatic hydroxyl groups is 3. The monoisotopic (exact) mass is 319 g/mol. The molecule has 0 amide bonds. The van der Waals surface area contributed by atoms with Crippen LogP contribution in [-0.4, -0.2) is 42.5 Å². The fourth-order valence-electron chi connectivity index (χ4n) is 2.21. The number of aromatic nitrogens is 2. The van der Waals surface area contributed by atoms with Crippen molar-refractivity contribution in [1.29, 1.82) is 0 Å². The molecule has 23 heavy (non-hydrogen) atoms. The Balaban J connectivity index is 2.70. The third kappa shape index (κ3) is 2.97. The summed E-state index contributed by atoms with van der Waals surface area (Å²) < 4.78 is 1.43. The Morgan fingerprint density at radius 2 is 2.04 bits per heavy atom. The quantitative estimate of drug-likeness (QED) is 0.506. The summed E-state index contributed by atoms with van der Waals surface area (Å²) in [6.07, 6.45) is 4.28. The molecule has 1 aromatic carbocycles. The molecule has 0 aliphatic carbocycles.